The van der Waals surface area contributed by atoms with Gasteiger partial charge in [0.1, 0.15) is 11.6 Å². The molecule has 0 bridgehead atoms. The fourth-order valence-electron chi connectivity index (χ4n) is 2.18. The molecular formula is C16H13F2NS. The van der Waals surface area contributed by atoms with E-state index in [1.54, 1.807) is 18.2 Å². The molecule has 3 rings (SSSR count). The van der Waals surface area contributed by atoms with Crippen molar-refractivity contribution in [3.8, 4) is 0 Å². The Kier molecular flexibility index (Phi) is 3.51. The van der Waals surface area contributed by atoms with Crippen molar-refractivity contribution in [2.45, 2.75) is 12.5 Å². The molecule has 0 spiro atoms. The first-order valence-corrected chi connectivity index (χ1v) is 7.12. The van der Waals surface area contributed by atoms with Crippen LogP contribution in [0.25, 0.3) is 10.1 Å². The Morgan fingerprint density at radius 1 is 0.950 bits per heavy atom. The van der Waals surface area contributed by atoms with Crippen LogP contribution in [0, 0.1) is 11.6 Å². The van der Waals surface area contributed by atoms with Crippen LogP contribution in [-0.2, 0) is 6.42 Å². The first-order valence-electron chi connectivity index (χ1n) is 6.31. The van der Waals surface area contributed by atoms with Gasteiger partial charge < -0.3 is 5.73 Å². The Bertz CT molecular complexity index is 734. The van der Waals surface area contributed by atoms with Gasteiger partial charge in [0.25, 0.3) is 0 Å². The zero-order valence-electron chi connectivity index (χ0n) is 10.6. The van der Waals surface area contributed by atoms with Crippen molar-refractivity contribution in [2.24, 2.45) is 5.73 Å². The molecule has 0 amide bonds. The lowest BCUT2D eigenvalue weighted by molar-refractivity contribution is 0.625. The van der Waals surface area contributed by atoms with Gasteiger partial charge in [0.05, 0.1) is 0 Å². The third-order valence-electron chi connectivity index (χ3n) is 3.24. The molecule has 0 radical (unpaired) electrons. The van der Waals surface area contributed by atoms with Crippen LogP contribution in [0.2, 0.25) is 0 Å². The first kappa shape index (κ1) is 13.2. The second kappa shape index (κ2) is 5.31. The Balaban J connectivity index is 1.84. The van der Waals surface area contributed by atoms with E-state index in [0.29, 0.717) is 6.42 Å². The molecule has 1 atom stereocenters. The van der Waals surface area contributed by atoms with Crippen LogP contribution < -0.4 is 5.73 Å². The van der Waals surface area contributed by atoms with Gasteiger partial charge in [-0.15, -0.1) is 11.3 Å². The normalized spacial score (nSPS) is 12.8. The van der Waals surface area contributed by atoms with Crippen molar-refractivity contribution in [2.75, 3.05) is 0 Å². The van der Waals surface area contributed by atoms with E-state index in [4.69, 9.17) is 5.73 Å². The molecule has 20 heavy (non-hydrogen) atoms. The largest absolute Gasteiger partial charge is 0.323 e. The van der Waals surface area contributed by atoms with E-state index in [1.165, 1.54) is 35.6 Å². The Hall–Kier alpha value is -1.78. The molecule has 0 saturated heterocycles. The van der Waals surface area contributed by atoms with Crippen LogP contribution in [-0.4, -0.2) is 0 Å². The Labute approximate surface area is 119 Å². The highest BCUT2D eigenvalue weighted by atomic mass is 32.1. The van der Waals surface area contributed by atoms with Crippen LogP contribution in [0.15, 0.2) is 48.5 Å². The zero-order valence-corrected chi connectivity index (χ0v) is 11.5. The SMILES string of the molecule is NC(Cc1ccc(F)cc1)c1cc2ccc(F)cc2s1. The van der Waals surface area contributed by atoms with Gasteiger partial charge in [0.2, 0.25) is 0 Å². The molecule has 2 aromatic carbocycles. The minimum atomic E-state index is -0.250. The van der Waals surface area contributed by atoms with Crippen LogP contribution >= 0.6 is 11.3 Å². The number of rotatable bonds is 3. The van der Waals surface area contributed by atoms with Crippen LogP contribution in [0.4, 0.5) is 8.78 Å². The summed E-state index contributed by atoms with van der Waals surface area (Å²) in [7, 11) is 0. The van der Waals surface area contributed by atoms with Crippen molar-refractivity contribution in [3.63, 3.8) is 0 Å². The molecule has 4 heteroatoms. The predicted molar refractivity (Wildman–Crippen MR) is 78.8 cm³/mol. The maximum absolute atomic E-state index is 13.2. The molecule has 2 N–H and O–H groups in total. The van der Waals surface area contributed by atoms with E-state index in [-0.39, 0.29) is 17.7 Å². The molecule has 102 valence electrons. The zero-order chi connectivity index (χ0) is 14.1. The van der Waals surface area contributed by atoms with Crippen LogP contribution in [0.3, 0.4) is 0 Å². The van der Waals surface area contributed by atoms with E-state index >= 15 is 0 Å². The third-order valence-corrected chi connectivity index (χ3v) is 4.47. The summed E-state index contributed by atoms with van der Waals surface area (Å²) in [4.78, 5) is 1.01. The van der Waals surface area contributed by atoms with Crippen molar-refractivity contribution in [1.82, 2.24) is 0 Å². The molecule has 1 aromatic heterocycles. The Morgan fingerprint density at radius 2 is 1.65 bits per heavy atom. The lowest BCUT2D eigenvalue weighted by Gasteiger charge is -2.09. The molecule has 0 saturated carbocycles. The van der Waals surface area contributed by atoms with Crippen molar-refractivity contribution in [1.29, 1.82) is 0 Å². The molecule has 1 nitrogen and oxygen atoms in total. The molecule has 0 aliphatic heterocycles. The molecule has 0 aliphatic carbocycles. The number of nitrogens with two attached hydrogens (primary N) is 1. The number of benzene rings is 2. The highest BCUT2D eigenvalue weighted by Crippen LogP contribution is 2.30. The minimum Gasteiger partial charge on any atom is -0.323 e. The van der Waals surface area contributed by atoms with E-state index in [9.17, 15) is 8.78 Å². The summed E-state index contributed by atoms with van der Waals surface area (Å²) in [6.45, 7) is 0. The monoisotopic (exact) mass is 289 g/mol. The van der Waals surface area contributed by atoms with Gasteiger partial charge in [-0.05, 0) is 47.7 Å². The van der Waals surface area contributed by atoms with Gasteiger partial charge in [-0.25, -0.2) is 8.78 Å². The molecule has 0 aliphatic rings. The van der Waals surface area contributed by atoms with E-state index in [1.807, 2.05) is 6.07 Å². The second-order valence-electron chi connectivity index (χ2n) is 4.77. The van der Waals surface area contributed by atoms with Crippen LogP contribution in [0.1, 0.15) is 16.5 Å². The third kappa shape index (κ3) is 2.71. The quantitative estimate of drug-likeness (QED) is 0.758. The van der Waals surface area contributed by atoms with Gasteiger partial charge in [0.15, 0.2) is 0 Å². The maximum atomic E-state index is 13.2. The molecule has 0 fully saturated rings. The second-order valence-corrected chi connectivity index (χ2v) is 5.88. The number of hydrogen-bond donors (Lipinski definition) is 1. The summed E-state index contributed by atoms with van der Waals surface area (Å²) < 4.78 is 26.9. The molecule has 3 aromatic rings. The van der Waals surface area contributed by atoms with Gasteiger partial charge in [-0.3, -0.25) is 0 Å². The Morgan fingerprint density at radius 3 is 2.40 bits per heavy atom. The van der Waals surface area contributed by atoms with Crippen molar-refractivity contribution in [3.05, 3.63) is 70.6 Å². The molecule has 1 heterocycles. The summed E-state index contributed by atoms with van der Waals surface area (Å²) in [6.07, 6.45) is 0.635. The summed E-state index contributed by atoms with van der Waals surface area (Å²) in [5, 5.41) is 1.00. The lowest BCUT2D eigenvalue weighted by Crippen LogP contribution is -2.11. The highest BCUT2D eigenvalue weighted by molar-refractivity contribution is 7.19. The highest BCUT2D eigenvalue weighted by Gasteiger charge is 2.11. The summed E-state index contributed by atoms with van der Waals surface area (Å²) >= 11 is 1.50. The van der Waals surface area contributed by atoms with Gasteiger partial charge >= 0.3 is 0 Å². The van der Waals surface area contributed by atoms with Gasteiger partial charge in [-0.1, -0.05) is 18.2 Å². The summed E-state index contributed by atoms with van der Waals surface area (Å²) in [5.74, 6) is -0.488. The first-order chi connectivity index (χ1) is 9.61. The molecule has 1 unspecified atom stereocenters. The number of fused-ring (bicyclic) bond motifs is 1. The standard InChI is InChI=1S/C16H13F2NS/c17-12-4-1-10(2-5-12)7-14(19)16-8-11-3-6-13(18)9-15(11)20-16/h1-6,8-9,14H,7,19H2. The van der Waals surface area contributed by atoms with E-state index in [2.05, 4.69) is 0 Å². The topological polar surface area (TPSA) is 26.0 Å². The number of thiophene rings is 1. The predicted octanol–water partition coefficient (Wildman–Crippen LogP) is 4.42. The fourth-order valence-corrected chi connectivity index (χ4v) is 3.27. The smallest absolute Gasteiger partial charge is 0.124 e. The maximum Gasteiger partial charge on any atom is 0.124 e. The van der Waals surface area contributed by atoms with Crippen molar-refractivity contribution >= 4 is 21.4 Å². The average Bonchev–Trinajstić information content (AvgIpc) is 2.84. The number of hydrogen-bond acceptors (Lipinski definition) is 2. The minimum absolute atomic E-state index is 0.166. The van der Waals surface area contributed by atoms with E-state index in [0.717, 1.165) is 20.5 Å². The van der Waals surface area contributed by atoms with Gasteiger partial charge in [0, 0.05) is 15.6 Å². The molecular weight excluding hydrogens is 276 g/mol. The summed E-state index contributed by atoms with van der Waals surface area (Å²) in [6, 6.07) is 12.9. The van der Waals surface area contributed by atoms with Crippen molar-refractivity contribution < 1.29 is 8.78 Å². The number of halogens is 2. The summed E-state index contributed by atoms with van der Waals surface area (Å²) in [5.41, 5.74) is 7.18. The van der Waals surface area contributed by atoms with Crippen LogP contribution in [0.5, 0.6) is 0 Å². The fraction of sp³-hybridized carbons (Fsp3) is 0.125. The van der Waals surface area contributed by atoms with Gasteiger partial charge in [-0.2, -0.15) is 0 Å². The average molecular weight is 289 g/mol. The van der Waals surface area contributed by atoms with E-state index < -0.39 is 0 Å². The lowest BCUT2D eigenvalue weighted by atomic mass is 10.1.